The number of anilines is 2. The molecule has 0 amide bonds. The minimum absolute atomic E-state index is 0.710. The van der Waals surface area contributed by atoms with E-state index in [0.29, 0.717) is 5.02 Å². The third-order valence-electron chi connectivity index (χ3n) is 5.74. The van der Waals surface area contributed by atoms with Crippen molar-refractivity contribution in [3.05, 3.63) is 108 Å². The van der Waals surface area contributed by atoms with Gasteiger partial charge in [-0.2, -0.15) is 0 Å². The Bertz CT molecular complexity index is 1580. The van der Waals surface area contributed by atoms with Gasteiger partial charge in [0.05, 0.1) is 21.1 Å². The molecule has 148 valence electrons. The van der Waals surface area contributed by atoms with Crippen molar-refractivity contribution in [1.82, 2.24) is 0 Å². The largest absolute Gasteiger partial charge is 0.353 e. The maximum Gasteiger partial charge on any atom is 0.0641 e. The van der Waals surface area contributed by atoms with Crippen LogP contribution in [0.2, 0.25) is 5.02 Å². The predicted octanol–water partition coefficient (Wildman–Crippen LogP) is 9.27. The van der Waals surface area contributed by atoms with E-state index in [2.05, 4.69) is 102 Å². The van der Waals surface area contributed by atoms with Crippen molar-refractivity contribution in [3.63, 3.8) is 0 Å². The first kappa shape index (κ1) is 18.4. The third kappa shape index (κ3) is 3.16. The molecule has 1 heterocycles. The Morgan fingerprint density at radius 2 is 1.35 bits per heavy atom. The highest BCUT2D eigenvalue weighted by Gasteiger charge is 2.11. The quantitative estimate of drug-likeness (QED) is 0.292. The molecule has 0 unspecified atom stereocenters. The first-order valence-electron chi connectivity index (χ1n) is 10.2. The van der Waals surface area contributed by atoms with Crippen LogP contribution in [0.15, 0.2) is 103 Å². The summed E-state index contributed by atoms with van der Waals surface area (Å²) in [6.45, 7) is 0. The van der Waals surface area contributed by atoms with Gasteiger partial charge in [0.25, 0.3) is 0 Å². The highest BCUT2D eigenvalue weighted by atomic mass is 35.5. The summed E-state index contributed by atoms with van der Waals surface area (Å²) in [7, 11) is 0. The topological polar surface area (TPSA) is 12.0 Å². The minimum Gasteiger partial charge on any atom is -0.353 e. The molecule has 0 saturated carbocycles. The molecule has 6 rings (SSSR count). The van der Waals surface area contributed by atoms with Crippen LogP contribution in [0.25, 0.3) is 42.1 Å². The number of fused-ring (bicyclic) bond motifs is 4. The van der Waals surface area contributed by atoms with Crippen molar-refractivity contribution < 1.29 is 0 Å². The average molecular weight is 436 g/mol. The first-order chi connectivity index (χ1) is 15.3. The zero-order valence-electron chi connectivity index (χ0n) is 16.6. The Balaban J connectivity index is 1.48. The lowest BCUT2D eigenvalue weighted by Crippen LogP contribution is -1.92. The van der Waals surface area contributed by atoms with Crippen LogP contribution in [0.5, 0.6) is 0 Å². The highest BCUT2D eigenvalue weighted by molar-refractivity contribution is 7.26. The van der Waals surface area contributed by atoms with Gasteiger partial charge in [-0.05, 0) is 46.2 Å². The van der Waals surface area contributed by atoms with E-state index >= 15 is 0 Å². The van der Waals surface area contributed by atoms with Crippen molar-refractivity contribution in [1.29, 1.82) is 0 Å². The Hall–Kier alpha value is -3.33. The van der Waals surface area contributed by atoms with Crippen LogP contribution in [0.1, 0.15) is 0 Å². The standard InChI is InChI=1S/C28H18ClNS/c29-24-16-15-19(21-11-5-8-18-7-1-2-9-20(18)21)17-26(24)30-25-13-6-12-23-22-10-3-4-14-27(22)31-28(23)25/h1-17,30H. The van der Waals surface area contributed by atoms with E-state index < -0.39 is 0 Å². The molecule has 31 heavy (non-hydrogen) atoms. The van der Waals surface area contributed by atoms with E-state index in [1.807, 2.05) is 17.4 Å². The smallest absolute Gasteiger partial charge is 0.0641 e. The molecule has 1 aromatic heterocycles. The summed E-state index contributed by atoms with van der Waals surface area (Å²) in [5.41, 5.74) is 4.35. The normalized spacial score (nSPS) is 11.4. The van der Waals surface area contributed by atoms with Crippen LogP contribution in [0.3, 0.4) is 0 Å². The van der Waals surface area contributed by atoms with Crippen LogP contribution in [-0.2, 0) is 0 Å². The van der Waals surface area contributed by atoms with Gasteiger partial charge in [0.2, 0.25) is 0 Å². The van der Waals surface area contributed by atoms with Gasteiger partial charge in [-0.15, -0.1) is 11.3 Å². The summed E-state index contributed by atoms with van der Waals surface area (Å²) in [5, 5.41) is 9.36. The number of nitrogens with one attached hydrogen (secondary N) is 1. The summed E-state index contributed by atoms with van der Waals surface area (Å²) in [5.74, 6) is 0. The lowest BCUT2D eigenvalue weighted by atomic mass is 9.98. The molecule has 0 spiro atoms. The third-order valence-corrected chi connectivity index (χ3v) is 7.29. The lowest BCUT2D eigenvalue weighted by Gasteiger charge is -2.13. The van der Waals surface area contributed by atoms with Crippen LogP contribution >= 0.6 is 22.9 Å². The summed E-state index contributed by atoms with van der Waals surface area (Å²) in [6.07, 6.45) is 0. The van der Waals surface area contributed by atoms with Crippen LogP contribution in [0, 0.1) is 0 Å². The van der Waals surface area contributed by atoms with Crippen LogP contribution in [0.4, 0.5) is 11.4 Å². The molecule has 0 aliphatic heterocycles. The van der Waals surface area contributed by atoms with Crippen molar-refractivity contribution in [2.45, 2.75) is 0 Å². The molecule has 3 heteroatoms. The van der Waals surface area contributed by atoms with Crippen LogP contribution < -0.4 is 5.32 Å². The number of hydrogen-bond acceptors (Lipinski definition) is 2. The fraction of sp³-hybridized carbons (Fsp3) is 0. The second-order valence-corrected chi connectivity index (χ2v) is 9.09. The number of hydrogen-bond donors (Lipinski definition) is 1. The fourth-order valence-corrected chi connectivity index (χ4v) is 5.59. The van der Waals surface area contributed by atoms with Crippen LogP contribution in [-0.4, -0.2) is 0 Å². The Morgan fingerprint density at radius 1 is 0.613 bits per heavy atom. The second kappa shape index (κ2) is 7.42. The van der Waals surface area contributed by atoms with Crippen molar-refractivity contribution in [3.8, 4) is 11.1 Å². The summed E-state index contributed by atoms with van der Waals surface area (Å²) in [4.78, 5) is 0. The maximum absolute atomic E-state index is 6.62. The van der Waals surface area contributed by atoms with E-state index in [0.717, 1.165) is 16.9 Å². The van der Waals surface area contributed by atoms with Gasteiger partial charge in [-0.1, -0.05) is 90.5 Å². The van der Waals surface area contributed by atoms with Gasteiger partial charge in [-0.25, -0.2) is 0 Å². The molecule has 0 atom stereocenters. The lowest BCUT2D eigenvalue weighted by molar-refractivity contribution is 1.57. The molecule has 5 aromatic carbocycles. The number of rotatable bonds is 3. The predicted molar refractivity (Wildman–Crippen MR) is 137 cm³/mol. The van der Waals surface area contributed by atoms with Crippen molar-refractivity contribution >= 4 is 65.3 Å². The zero-order chi connectivity index (χ0) is 20.8. The molecule has 0 aliphatic carbocycles. The van der Waals surface area contributed by atoms with Gasteiger partial charge in [0.15, 0.2) is 0 Å². The fourth-order valence-electron chi connectivity index (χ4n) is 4.26. The van der Waals surface area contributed by atoms with Gasteiger partial charge < -0.3 is 5.32 Å². The first-order valence-corrected chi connectivity index (χ1v) is 11.4. The van der Waals surface area contributed by atoms with Gasteiger partial charge in [0.1, 0.15) is 0 Å². The second-order valence-electron chi connectivity index (χ2n) is 7.63. The molecule has 1 N–H and O–H groups in total. The van der Waals surface area contributed by atoms with Crippen molar-refractivity contribution in [2.24, 2.45) is 0 Å². The van der Waals surface area contributed by atoms with Gasteiger partial charge in [-0.3, -0.25) is 0 Å². The molecule has 0 saturated heterocycles. The van der Waals surface area contributed by atoms with Gasteiger partial charge >= 0.3 is 0 Å². The SMILES string of the molecule is Clc1ccc(-c2cccc3ccccc23)cc1Nc1cccc2c1sc1ccccc12. The Labute approximate surface area is 189 Å². The van der Waals surface area contributed by atoms with Gasteiger partial charge in [0, 0.05) is 15.5 Å². The van der Waals surface area contributed by atoms with E-state index in [9.17, 15) is 0 Å². The Kier molecular flexibility index (Phi) is 4.41. The summed E-state index contributed by atoms with van der Waals surface area (Å²) >= 11 is 8.43. The zero-order valence-corrected chi connectivity index (χ0v) is 18.2. The summed E-state index contributed by atoms with van der Waals surface area (Å²) < 4.78 is 2.54. The monoisotopic (exact) mass is 435 g/mol. The molecule has 0 fully saturated rings. The maximum atomic E-state index is 6.62. The molecule has 0 aliphatic rings. The molecule has 0 bridgehead atoms. The number of halogens is 1. The Morgan fingerprint density at radius 3 is 2.29 bits per heavy atom. The highest BCUT2D eigenvalue weighted by Crippen LogP contribution is 2.40. The molecule has 1 nitrogen and oxygen atoms in total. The molecular formula is C28H18ClNS. The van der Waals surface area contributed by atoms with E-state index in [-0.39, 0.29) is 0 Å². The average Bonchev–Trinajstić information content (AvgIpc) is 3.20. The number of thiophene rings is 1. The van der Waals surface area contributed by atoms with Crippen molar-refractivity contribution in [2.75, 3.05) is 5.32 Å². The number of benzene rings is 5. The minimum atomic E-state index is 0.710. The van der Waals surface area contributed by atoms with E-state index in [4.69, 9.17) is 11.6 Å². The van der Waals surface area contributed by atoms with E-state index in [1.165, 1.54) is 36.5 Å². The molecule has 6 aromatic rings. The summed E-state index contributed by atoms with van der Waals surface area (Å²) in [6, 6.07) is 36.1. The molecule has 0 radical (unpaired) electrons. The van der Waals surface area contributed by atoms with E-state index in [1.54, 1.807) is 0 Å². The molecular weight excluding hydrogens is 418 g/mol.